The van der Waals surface area contributed by atoms with Gasteiger partial charge in [-0.1, -0.05) is 11.2 Å². The van der Waals surface area contributed by atoms with E-state index in [1.54, 1.807) is 30.7 Å². The minimum Gasteiger partial charge on any atom is -0.339 e. The molecule has 0 N–H and O–H groups in total. The van der Waals surface area contributed by atoms with Crippen molar-refractivity contribution in [1.82, 2.24) is 25.0 Å². The second-order valence-corrected chi connectivity index (χ2v) is 5.98. The minimum atomic E-state index is 0.0221. The fourth-order valence-corrected chi connectivity index (χ4v) is 3.01. The second-order valence-electron chi connectivity index (χ2n) is 5.98. The summed E-state index contributed by atoms with van der Waals surface area (Å²) >= 11 is 0. The van der Waals surface area contributed by atoms with Crippen LogP contribution < -0.4 is 0 Å². The number of likely N-dealkylation sites (tertiary alicyclic amines) is 1. The molecule has 0 spiro atoms. The molecule has 3 aromatic rings. The summed E-state index contributed by atoms with van der Waals surface area (Å²) in [5.41, 5.74) is 1.29. The number of pyridine rings is 2. The van der Waals surface area contributed by atoms with Gasteiger partial charge in [-0.15, -0.1) is 0 Å². The van der Waals surface area contributed by atoms with Crippen molar-refractivity contribution in [3.05, 3.63) is 60.3 Å². The number of aromatic nitrogens is 4. The van der Waals surface area contributed by atoms with E-state index in [9.17, 15) is 4.79 Å². The zero-order valence-electron chi connectivity index (χ0n) is 13.6. The van der Waals surface area contributed by atoms with Crippen LogP contribution in [0.2, 0.25) is 0 Å². The molecule has 4 rings (SSSR count). The summed E-state index contributed by atoms with van der Waals surface area (Å²) < 4.78 is 5.34. The van der Waals surface area contributed by atoms with Gasteiger partial charge in [0.15, 0.2) is 5.82 Å². The van der Waals surface area contributed by atoms with Crippen molar-refractivity contribution in [3.8, 4) is 11.6 Å². The van der Waals surface area contributed by atoms with Crippen LogP contribution in [0, 0.1) is 0 Å². The first-order valence-corrected chi connectivity index (χ1v) is 8.25. The van der Waals surface area contributed by atoms with E-state index in [2.05, 4.69) is 20.1 Å². The molecule has 0 bridgehead atoms. The number of hydrogen-bond donors (Lipinski definition) is 0. The van der Waals surface area contributed by atoms with Crippen molar-refractivity contribution in [2.45, 2.75) is 18.8 Å². The van der Waals surface area contributed by atoms with Crippen LogP contribution in [0.15, 0.2) is 53.4 Å². The van der Waals surface area contributed by atoms with Crippen LogP contribution in [0.5, 0.6) is 0 Å². The highest BCUT2D eigenvalue weighted by Gasteiger charge is 2.27. The van der Waals surface area contributed by atoms with E-state index in [0.717, 1.165) is 12.8 Å². The van der Waals surface area contributed by atoms with Gasteiger partial charge in [0, 0.05) is 37.6 Å². The highest BCUT2D eigenvalue weighted by Crippen LogP contribution is 2.28. The SMILES string of the molecule is O=C(c1cccnc1)N1CCC(c2noc(-c3ccccn3)n2)CC1. The molecule has 1 saturated heterocycles. The monoisotopic (exact) mass is 335 g/mol. The predicted molar refractivity (Wildman–Crippen MR) is 89.6 cm³/mol. The lowest BCUT2D eigenvalue weighted by atomic mass is 9.96. The van der Waals surface area contributed by atoms with E-state index in [0.29, 0.717) is 36.1 Å². The Morgan fingerprint density at radius 2 is 2.00 bits per heavy atom. The average molecular weight is 335 g/mol. The lowest BCUT2D eigenvalue weighted by Gasteiger charge is -2.30. The average Bonchev–Trinajstić information content (AvgIpc) is 3.19. The van der Waals surface area contributed by atoms with E-state index < -0.39 is 0 Å². The standard InChI is InChI=1S/C18H17N5O2/c24-18(14-4-3-8-19-12-14)23-10-6-13(7-11-23)16-21-17(25-22-16)15-5-1-2-9-20-15/h1-5,8-9,12-13H,6-7,10-11H2. The summed E-state index contributed by atoms with van der Waals surface area (Å²) in [6.45, 7) is 1.34. The smallest absolute Gasteiger partial charge is 0.276 e. The molecule has 7 nitrogen and oxygen atoms in total. The predicted octanol–water partition coefficient (Wildman–Crippen LogP) is 2.55. The van der Waals surface area contributed by atoms with Gasteiger partial charge in [0.05, 0.1) is 5.56 Å². The lowest BCUT2D eigenvalue weighted by molar-refractivity contribution is 0.0710. The number of hydrogen-bond acceptors (Lipinski definition) is 6. The molecule has 0 unspecified atom stereocenters. The zero-order chi connectivity index (χ0) is 17.1. The normalized spacial score (nSPS) is 15.3. The molecule has 1 fully saturated rings. The van der Waals surface area contributed by atoms with Crippen LogP contribution in [-0.4, -0.2) is 44.0 Å². The van der Waals surface area contributed by atoms with Gasteiger partial charge in [0.1, 0.15) is 5.69 Å². The molecule has 1 aliphatic rings. The quantitative estimate of drug-likeness (QED) is 0.731. The fraction of sp³-hybridized carbons (Fsp3) is 0.278. The summed E-state index contributed by atoms with van der Waals surface area (Å²) in [5, 5.41) is 4.10. The van der Waals surface area contributed by atoms with Crippen molar-refractivity contribution in [3.63, 3.8) is 0 Å². The molecule has 7 heteroatoms. The van der Waals surface area contributed by atoms with Crippen LogP contribution in [0.4, 0.5) is 0 Å². The highest BCUT2D eigenvalue weighted by atomic mass is 16.5. The van der Waals surface area contributed by atoms with Crippen molar-refractivity contribution in [2.24, 2.45) is 0 Å². The van der Waals surface area contributed by atoms with Crippen molar-refractivity contribution in [1.29, 1.82) is 0 Å². The van der Waals surface area contributed by atoms with Crippen LogP contribution in [0.1, 0.15) is 34.9 Å². The molecular weight excluding hydrogens is 318 g/mol. The molecule has 0 radical (unpaired) electrons. The zero-order valence-corrected chi connectivity index (χ0v) is 13.6. The molecule has 1 amide bonds. The van der Waals surface area contributed by atoms with Gasteiger partial charge < -0.3 is 9.42 Å². The highest BCUT2D eigenvalue weighted by molar-refractivity contribution is 5.93. The first-order valence-electron chi connectivity index (χ1n) is 8.25. The summed E-state index contributed by atoms with van der Waals surface area (Å²) in [6.07, 6.45) is 6.59. The Morgan fingerprint density at radius 3 is 2.72 bits per heavy atom. The molecule has 0 aromatic carbocycles. The molecule has 0 saturated carbocycles. The van der Waals surface area contributed by atoms with Crippen molar-refractivity contribution < 1.29 is 9.32 Å². The number of piperidine rings is 1. The first-order chi connectivity index (χ1) is 12.3. The Kier molecular flexibility index (Phi) is 4.20. The van der Waals surface area contributed by atoms with Gasteiger partial charge in [-0.25, -0.2) is 0 Å². The van der Waals surface area contributed by atoms with E-state index in [1.165, 1.54) is 0 Å². The Bertz CT molecular complexity index is 842. The van der Waals surface area contributed by atoms with E-state index in [-0.39, 0.29) is 11.8 Å². The molecular formula is C18H17N5O2. The van der Waals surface area contributed by atoms with Gasteiger partial charge in [-0.05, 0) is 37.1 Å². The van der Waals surface area contributed by atoms with Crippen molar-refractivity contribution >= 4 is 5.91 Å². The molecule has 1 aliphatic heterocycles. The van der Waals surface area contributed by atoms with Gasteiger partial charge in [0.2, 0.25) is 0 Å². The topological polar surface area (TPSA) is 85.0 Å². The number of carbonyl (C=O) groups excluding carboxylic acids is 1. The van der Waals surface area contributed by atoms with Gasteiger partial charge >= 0.3 is 0 Å². The van der Waals surface area contributed by atoms with E-state index >= 15 is 0 Å². The summed E-state index contributed by atoms with van der Waals surface area (Å²) in [6, 6.07) is 9.13. The third kappa shape index (κ3) is 3.26. The summed E-state index contributed by atoms with van der Waals surface area (Å²) in [7, 11) is 0. The first kappa shape index (κ1) is 15.4. The fourth-order valence-electron chi connectivity index (χ4n) is 3.01. The molecule has 0 aliphatic carbocycles. The summed E-state index contributed by atoms with van der Waals surface area (Å²) in [4.78, 5) is 27.0. The molecule has 3 aromatic heterocycles. The maximum atomic E-state index is 12.5. The Morgan fingerprint density at radius 1 is 1.12 bits per heavy atom. The number of rotatable bonds is 3. The molecule has 25 heavy (non-hydrogen) atoms. The second kappa shape index (κ2) is 6.80. The molecule has 126 valence electrons. The Balaban J connectivity index is 1.41. The van der Waals surface area contributed by atoms with Crippen LogP contribution >= 0.6 is 0 Å². The Labute approximate surface area is 144 Å². The minimum absolute atomic E-state index is 0.0221. The Hall–Kier alpha value is -3.09. The third-order valence-corrected chi connectivity index (χ3v) is 4.38. The maximum absolute atomic E-state index is 12.5. The van der Waals surface area contributed by atoms with Gasteiger partial charge in [-0.2, -0.15) is 4.98 Å². The van der Waals surface area contributed by atoms with E-state index in [4.69, 9.17) is 4.52 Å². The van der Waals surface area contributed by atoms with Crippen LogP contribution in [0.3, 0.4) is 0 Å². The van der Waals surface area contributed by atoms with E-state index in [1.807, 2.05) is 23.1 Å². The molecule has 0 atom stereocenters. The van der Waals surface area contributed by atoms with Crippen LogP contribution in [0.25, 0.3) is 11.6 Å². The molecule has 4 heterocycles. The number of amides is 1. The summed E-state index contributed by atoms with van der Waals surface area (Å²) in [5.74, 6) is 1.34. The number of nitrogens with zero attached hydrogens (tertiary/aromatic N) is 5. The third-order valence-electron chi connectivity index (χ3n) is 4.38. The van der Waals surface area contributed by atoms with Gasteiger partial charge in [0.25, 0.3) is 11.8 Å². The largest absolute Gasteiger partial charge is 0.339 e. The number of carbonyl (C=O) groups is 1. The van der Waals surface area contributed by atoms with Gasteiger partial charge in [-0.3, -0.25) is 14.8 Å². The van der Waals surface area contributed by atoms with Crippen LogP contribution in [-0.2, 0) is 0 Å². The van der Waals surface area contributed by atoms with Crippen molar-refractivity contribution in [2.75, 3.05) is 13.1 Å². The maximum Gasteiger partial charge on any atom is 0.276 e. The lowest BCUT2D eigenvalue weighted by Crippen LogP contribution is -2.38.